The standard InChI is InChI=1S/C11H12ClN5O/c1-17(6-7-3-2-4-8(12)5-7)10(18)9-14-11(13)16-15-9/h2-5H,6H2,1H3,(H3,13,14,15,16). The van der Waals surface area contributed by atoms with Gasteiger partial charge in [0, 0.05) is 18.6 Å². The molecule has 0 saturated heterocycles. The Morgan fingerprint density at radius 3 is 2.94 bits per heavy atom. The highest BCUT2D eigenvalue weighted by Gasteiger charge is 2.16. The molecule has 0 spiro atoms. The Morgan fingerprint density at radius 2 is 2.33 bits per heavy atom. The average molecular weight is 266 g/mol. The van der Waals surface area contributed by atoms with Crippen molar-refractivity contribution in [2.75, 3.05) is 12.8 Å². The van der Waals surface area contributed by atoms with Crippen LogP contribution in [-0.4, -0.2) is 33.0 Å². The molecule has 0 fully saturated rings. The summed E-state index contributed by atoms with van der Waals surface area (Å²) in [6, 6.07) is 7.32. The van der Waals surface area contributed by atoms with Gasteiger partial charge in [0.2, 0.25) is 11.8 Å². The first-order valence-electron chi connectivity index (χ1n) is 5.24. The number of carbonyl (C=O) groups is 1. The van der Waals surface area contributed by atoms with E-state index in [0.29, 0.717) is 11.6 Å². The Labute approximate surface area is 109 Å². The quantitative estimate of drug-likeness (QED) is 0.876. The van der Waals surface area contributed by atoms with Crippen LogP contribution in [0.2, 0.25) is 5.02 Å². The molecule has 0 aliphatic rings. The summed E-state index contributed by atoms with van der Waals surface area (Å²) in [5.41, 5.74) is 6.28. The van der Waals surface area contributed by atoms with Gasteiger partial charge in [-0.05, 0) is 17.7 Å². The molecule has 0 aliphatic heterocycles. The van der Waals surface area contributed by atoms with E-state index < -0.39 is 0 Å². The number of rotatable bonds is 3. The van der Waals surface area contributed by atoms with Crippen LogP contribution >= 0.6 is 11.6 Å². The number of amides is 1. The predicted octanol–water partition coefficient (Wildman–Crippen LogP) is 1.31. The molecule has 3 N–H and O–H groups in total. The number of hydrogen-bond acceptors (Lipinski definition) is 4. The largest absolute Gasteiger partial charge is 0.366 e. The average Bonchev–Trinajstić information content (AvgIpc) is 2.75. The summed E-state index contributed by atoms with van der Waals surface area (Å²) < 4.78 is 0. The minimum Gasteiger partial charge on any atom is -0.366 e. The summed E-state index contributed by atoms with van der Waals surface area (Å²) >= 11 is 5.88. The number of nitrogens with two attached hydrogens (primary N) is 1. The molecular weight excluding hydrogens is 254 g/mol. The maximum absolute atomic E-state index is 12.0. The molecule has 1 heterocycles. The Kier molecular flexibility index (Phi) is 3.47. The first-order chi connectivity index (χ1) is 8.56. The summed E-state index contributed by atoms with van der Waals surface area (Å²) in [7, 11) is 1.67. The van der Waals surface area contributed by atoms with Crippen LogP contribution in [0.5, 0.6) is 0 Å². The second-order valence-corrected chi connectivity index (χ2v) is 4.27. The van der Waals surface area contributed by atoms with Crippen LogP contribution in [0.1, 0.15) is 16.2 Å². The fourth-order valence-corrected chi connectivity index (χ4v) is 1.75. The summed E-state index contributed by atoms with van der Waals surface area (Å²) in [6.45, 7) is 0.431. The van der Waals surface area contributed by atoms with E-state index in [9.17, 15) is 4.79 Å². The van der Waals surface area contributed by atoms with Crippen molar-refractivity contribution in [2.24, 2.45) is 0 Å². The maximum atomic E-state index is 12.0. The van der Waals surface area contributed by atoms with Crippen LogP contribution in [0.4, 0.5) is 5.95 Å². The van der Waals surface area contributed by atoms with Crippen molar-refractivity contribution in [3.63, 3.8) is 0 Å². The van der Waals surface area contributed by atoms with Crippen LogP contribution < -0.4 is 5.73 Å². The molecule has 6 nitrogen and oxygen atoms in total. The molecule has 1 aromatic heterocycles. The van der Waals surface area contributed by atoms with Crippen LogP contribution in [0, 0.1) is 0 Å². The first-order valence-corrected chi connectivity index (χ1v) is 5.62. The molecule has 0 aliphatic carbocycles. The van der Waals surface area contributed by atoms with E-state index in [1.54, 1.807) is 19.2 Å². The van der Waals surface area contributed by atoms with Crippen LogP contribution in [0.15, 0.2) is 24.3 Å². The number of nitrogens with zero attached hydrogens (tertiary/aromatic N) is 3. The molecule has 0 bridgehead atoms. The van der Waals surface area contributed by atoms with Gasteiger partial charge in [-0.1, -0.05) is 23.7 Å². The van der Waals surface area contributed by atoms with Gasteiger partial charge in [0.25, 0.3) is 5.91 Å². The normalized spacial score (nSPS) is 10.3. The van der Waals surface area contributed by atoms with Crippen molar-refractivity contribution in [2.45, 2.75) is 6.54 Å². The van der Waals surface area contributed by atoms with Crippen molar-refractivity contribution in [3.8, 4) is 0 Å². The molecule has 2 aromatic rings. The van der Waals surface area contributed by atoms with Crippen molar-refractivity contribution in [1.82, 2.24) is 20.1 Å². The second-order valence-electron chi connectivity index (χ2n) is 3.83. The zero-order valence-corrected chi connectivity index (χ0v) is 10.5. The molecule has 1 amide bonds. The lowest BCUT2D eigenvalue weighted by Crippen LogP contribution is -2.27. The highest BCUT2D eigenvalue weighted by Crippen LogP contribution is 2.12. The zero-order valence-electron chi connectivity index (χ0n) is 9.72. The molecule has 7 heteroatoms. The number of hydrogen-bond donors (Lipinski definition) is 2. The van der Waals surface area contributed by atoms with Crippen LogP contribution in [-0.2, 0) is 6.54 Å². The lowest BCUT2D eigenvalue weighted by atomic mass is 10.2. The Hall–Kier alpha value is -2.08. The van der Waals surface area contributed by atoms with Gasteiger partial charge in [0.1, 0.15) is 0 Å². The summed E-state index contributed by atoms with van der Waals surface area (Å²) in [5, 5.41) is 6.73. The summed E-state index contributed by atoms with van der Waals surface area (Å²) in [6.07, 6.45) is 0. The number of H-pyrrole nitrogens is 1. The van der Waals surface area contributed by atoms with Gasteiger partial charge in [0.05, 0.1) is 0 Å². The molecule has 0 radical (unpaired) electrons. The highest BCUT2D eigenvalue weighted by molar-refractivity contribution is 6.30. The van der Waals surface area contributed by atoms with Crippen LogP contribution in [0.25, 0.3) is 0 Å². The van der Waals surface area contributed by atoms with Gasteiger partial charge in [-0.15, -0.1) is 5.10 Å². The maximum Gasteiger partial charge on any atom is 0.291 e. The number of nitrogens with one attached hydrogen (secondary N) is 1. The van der Waals surface area contributed by atoms with E-state index in [1.165, 1.54) is 4.90 Å². The van der Waals surface area contributed by atoms with Crippen molar-refractivity contribution in [1.29, 1.82) is 0 Å². The zero-order chi connectivity index (χ0) is 13.1. The highest BCUT2D eigenvalue weighted by atomic mass is 35.5. The third-order valence-corrected chi connectivity index (χ3v) is 2.60. The molecule has 0 unspecified atom stereocenters. The fraction of sp³-hybridized carbons (Fsp3) is 0.182. The number of benzene rings is 1. The van der Waals surface area contributed by atoms with E-state index in [2.05, 4.69) is 15.2 Å². The summed E-state index contributed by atoms with van der Waals surface area (Å²) in [4.78, 5) is 17.2. The van der Waals surface area contributed by atoms with Gasteiger partial charge in [0.15, 0.2) is 0 Å². The lowest BCUT2D eigenvalue weighted by Gasteiger charge is -2.15. The third kappa shape index (κ3) is 2.78. The second kappa shape index (κ2) is 5.05. The smallest absolute Gasteiger partial charge is 0.291 e. The topological polar surface area (TPSA) is 87.9 Å². The Bertz CT molecular complexity index is 568. The molecule has 0 atom stereocenters. The molecule has 2 rings (SSSR count). The number of halogens is 1. The van der Waals surface area contributed by atoms with E-state index in [1.807, 2.05) is 12.1 Å². The van der Waals surface area contributed by atoms with Crippen molar-refractivity contribution < 1.29 is 4.79 Å². The fourth-order valence-electron chi connectivity index (χ4n) is 1.53. The Balaban J connectivity index is 2.08. The van der Waals surface area contributed by atoms with E-state index in [-0.39, 0.29) is 17.7 Å². The number of anilines is 1. The van der Waals surface area contributed by atoms with Crippen molar-refractivity contribution >= 4 is 23.5 Å². The molecule has 94 valence electrons. The third-order valence-electron chi connectivity index (χ3n) is 2.36. The van der Waals surface area contributed by atoms with E-state index in [0.717, 1.165) is 5.56 Å². The number of nitrogen functional groups attached to an aromatic ring is 1. The van der Waals surface area contributed by atoms with Gasteiger partial charge in [-0.3, -0.25) is 9.89 Å². The predicted molar refractivity (Wildman–Crippen MR) is 68.0 cm³/mol. The van der Waals surface area contributed by atoms with E-state index in [4.69, 9.17) is 17.3 Å². The molecule has 1 aromatic carbocycles. The summed E-state index contributed by atoms with van der Waals surface area (Å²) in [5.74, 6) is -0.106. The van der Waals surface area contributed by atoms with Gasteiger partial charge < -0.3 is 10.6 Å². The SMILES string of the molecule is CN(Cc1cccc(Cl)c1)C(=O)c1nc(N)n[nH]1. The van der Waals surface area contributed by atoms with E-state index >= 15 is 0 Å². The minimum absolute atomic E-state index is 0.0505. The molecule has 18 heavy (non-hydrogen) atoms. The van der Waals surface area contributed by atoms with Gasteiger partial charge in [-0.25, -0.2) is 0 Å². The lowest BCUT2D eigenvalue weighted by molar-refractivity contribution is 0.0773. The van der Waals surface area contributed by atoms with Crippen LogP contribution in [0.3, 0.4) is 0 Å². The van der Waals surface area contributed by atoms with Crippen molar-refractivity contribution in [3.05, 3.63) is 40.7 Å². The first kappa shape index (κ1) is 12.4. The molecular formula is C11H12ClN5O. The van der Waals surface area contributed by atoms with Gasteiger partial charge in [-0.2, -0.15) is 4.98 Å². The molecule has 0 saturated carbocycles. The van der Waals surface area contributed by atoms with Gasteiger partial charge >= 0.3 is 0 Å². The number of aromatic nitrogens is 3. The number of aromatic amines is 1. The Morgan fingerprint density at radius 1 is 1.56 bits per heavy atom. The number of carbonyl (C=O) groups excluding carboxylic acids is 1. The minimum atomic E-state index is -0.279. The monoisotopic (exact) mass is 265 g/mol.